The molecule has 1 aliphatic rings. The molecule has 0 spiro atoms. The summed E-state index contributed by atoms with van der Waals surface area (Å²) in [6, 6.07) is 5.94. The molecule has 3 aromatic heterocycles. The molecule has 7 nitrogen and oxygen atoms in total. The van der Waals surface area contributed by atoms with Crippen molar-refractivity contribution in [1.82, 2.24) is 19.9 Å². The minimum absolute atomic E-state index is 0. The summed E-state index contributed by atoms with van der Waals surface area (Å²) in [6.45, 7) is 6.30. The van der Waals surface area contributed by atoms with E-state index in [4.69, 9.17) is 4.74 Å². The average Bonchev–Trinajstić information content (AvgIpc) is 2.72. The van der Waals surface area contributed by atoms with Crippen LogP contribution in [-0.2, 0) is 0 Å². The van der Waals surface area contributed by atoms with E-state index in [0.29, 0.717) is 13.2 Å². The molecule has 0 aromatic carbocycles. The summed E-state index contributed by atoms with van der Waals surface area (Å²) < 4.78 is 5.85. The Labute approximate surface area is 171 Å². The molecule has 1 atom stereocenters. The van der Waals surface area contributed by atoms with Gasteiger partial charge >= 0.3 is 0 Å². The minimum Gasteiger partial charge on any atom is -0.489 e. The smallest absolute Gasteiger partial charge is 0.149 e. The molecule has 28 heavy (non-hydrogen) atoms. The molecule has 0 unspecified atom stereocenters. The highest BCUT2D eigenvalue weighted by molar-refractivity contribution is 7.59. The summed E-state index contributed by atoms with van der Waals surface area (Å²) in [6.07, 6.45) is 7.09. The van der Waals surface area contributed by atoms with Gasteiger partial charge in [0.25, 0.3) is 0 Å². The van der Waals surface area contributed by atoms with Crippen LogP contribution in [0.3, 0.4) is 0 Å². The van der Waals surface area contributed by atoms with E-state index in [-0.39, 0.29) is 19.4 Å². The second-order valence-electron chi connectivity index (χ2n) is 6.64. The van der Waals surface area contributed by atoms with Crippen molar-refractivity contribution in [3.8, 4) is 17.0 Å². The maximum atomic E-state index is 5.85. The number of aryl methyl sites for hydroxylation is 1. The highest BCUT2D eigenvalue weighted by atomic mass is 32.1. The maximum absolute atomic E-state index is 5.85. The monoisotopic (exact) mass is 396 g/mol. The molecule has 0 amide bonds. The molecule has 0 saturated heterocycles. The molecular formula is C20H24N6OS. The topological polar surface area (TPSA) is 84.9 Å². The third kappa shape index (κ3) is 4.33. The first-order valence-electron chi connectivity index (χ1n) is 9.04. The predicted molar refractivity (Wildman–Crippen MR) is 116 cm³/mol. The molecule has 3 aromatic rings. The lowest BCUT2D eigenvalue weighted by Gasteiger charge is -2.24. The molecule has 0 bridgehead atoms. The Hall–Kier alpha value is -2.87. The summed E-state index contributed by atoms with van der Waals surface area (Å²) >= 11 is 0. The zero-order valence-electron chi connectivity index (χ0n) is 15.9. The third-order valence-corrected chi connectivity index (χ3v) is 4.58. The van der Waals surface area contributed by atoms with Gasteiger partial charge in [-0.3, -0.25) is 9.97 Å². The van der Waals surface area contributed by atoms with Crippen molar-refractivity contribution in [2.45, 2.75) is 19.8 Å². The van der Waals surface area contributed by atoms with Crippen molar-refractivity contribution in [3.05, 3.63) is 54.4 Å². The zero-order chi connectivity index (χ0) is 18.6. The van der Waals surface area contributed by atoms with Gasteiger partial charge in [0.05, 0.1) is 17.6 Å². The fraction of sp³-hybridized carbons (Fsp3) is 0.300. The summed E-state index contributed by atoms with van der Waals surface area (Å²) in [5.74, 6) is 1.90. The van der Waals surface area contributed by atoms with Gasteiger partial charge in [-0.1, -0.05) is 6.92 Å². The van der Waals surface area contributed by atoms with E-state index in [9.17, 15) is 0 Å². The Morgan fingerprint density at radius 1 is 1.18 bits per heavy atom. The highest BCUT2D eigenvalue weighted by Crippen LogP contribution is 2.34. The predicted octanol–water partition coefficient (Wildman–Crippen LogP) is 3.37. The molecule has 0 aliphatic carbocycles. The first-order valence-corrected chi connectivity index (χ1v) is 9.04. The highest BCUT2D eigenvalue weighted by Gasteiger charge is 2.19. The first kappa shape index (κ1) is 19.9. The largest absolute Gasteiger partial charge is 0.489 e. The lowest BCUT2D eigenvalue weighted by molar-refractivity contribution is 0.318. The fourth-order valence-corrected chi connectivity index (χ4v) is 3.04. The molecule has 4 heterocycles. The Balaban J connectivity index is 0.00000225. The van der Waals surface area contributed by atoms with Crippen molar-refractivity contribution in [2.24, 2.45) is 0 Å². The normalized spacial score (nSPS) is 13.4. The SMILES string of the molecule is Cc1ccc(-c2cc(NC[C@@H](C)c3cncc4c3OCCN4)ncn2)cn1.S. The third-order valence-electron chi connectivity index (χ3n) is 4.58. The van der Waals surface area contributed by atoms with E-state index in [0.717, 1.165) is 46.3 Å². The molecule has 0 saturated carbocycles. The number of nitrogens with zero attached hydrogens (tertiary/aromatic N) is 4. The van der Waals surface area contributed by atoms with Crippen LogP contribution in [0.25, 0.3) is 11.3 Å². The van der Waals surface area contributed by atoms with Crippen molar-refractivity contribution in [2.75, 3.05) is 30.3 Å². The number of nitrogens with one attached hydrogen (secondary N) is 2. The molecule has 1 aliphatic heterocycles. The minimum atomic E-state index is 0. The zero-order valence-corrected chi connectivity index (χ0v) is 16.9. The molecule has 0 fully saturated rings. The van der Waals surface area contributed by atoms with Crippen LogP contribution in [-0.4, -0.2) is 39.6 Å². The van der Waals surface area contributed by atoms with Gasteiger partial charge in [-0.25, -0.2) is 9.97 Å². The number of pyridine rings is 2. The Kier molecular flexibility index (Phi) is 6.30. The van der Waals surface area contributed by atoms with E-state index >= 15 is 0 Å². The van der Waals surface area contributed by atoms with Crippen LogP contribution >= 0.6 is 13.5 Å². The average molecular weight is 397 g/mol. The lowest BCUT2D eigenvalue weighted by Crippen LogP contribution is -2.21. The van der Waals surface area contributed by atoms with E-state index in [1.54, 1.807) is 6.33 Å². The van der Waals surface area contributed by atoms with Crippen LogP contribution in [0.2, 0.25) is 0 Å². The number of ether oxygens (including phenoxy) is 1. The second-order valence-corrected chi connectivity index (χ2v) is 6.64. The number of fused-ring (bicyclic) bond motifs is 1. The Morgan fingerprint density at radius 3 is 2.89 bits per heavy atom. The summed E-state index contributed by atoms with van der Waals surface area (Å²) in [7, 11) is 0. The maximum Gasteiger partial charge on any atom is 0.149 e. The van der Waals surface area contributed by atoms with Crippen molar-refractivity contribution < 1.29 is 4.74 Å². The van der Waals surface area contributed by atoms with E-state index in [2.05, 4.69) is 37.5 Å². The van der Waals surface area contributed by atoms with Crippen LogP contribution in [0.15, 0.2) is 43.1 Å². The Morgan fingerprint density at radius 2 is 2.07 bits per heavy atom. The van der Waals surface area contributed by atoms with E-state index < -0.39 is 0 Å². The molecule has 2 N–H and O–H groups in total. The van der Waals surface area contributed by atoms with Gasteiger partial charge in [0, 0.05) is 54.3 Å². The van der Waals surface area contributed by atoms with Gasteiger partial charge in [-0.05, 0) is 19.1 Å². The molecule has 0 radical (unpaired) electrons. The van der Waals surface area contributed by atoms with Crippen LogP contribution < -0.4 is 15.4 Å². The van der Waals surface area contributed by atoms with Gasteiger partial charge in [0.15, 0.2) is 0 Å². The van der Waals surface area contributed by atoms with Crippen molar-refractivity contribution >= 4 is 25.0 Å². The number of rotatable bonds is 5. The van der Waals surface area contributed by atoms with Crippen LogP contribution in [0.1, 0.15) is 24.1 Å². The van der Waals surface area contributed by atoms with E-state index in [1.165, 1.54) is 0 Å². The Bertz CT molecular complexity index is 934. The molecule has 8 heteroatoms. The summed E-state index contributed by atoms with van der Waals surface area (Å²) in [5.41, 5.74) is 4.85. The fourth-order valence-electron chi connectivity index (χ4n) is 3.04. The summed E-state index contributed by atoms with van der Waals surface area (Å²) in [5, 5.41) is 6.72. The standard InChI is InChI=1S/C20H22N6O.H2S/c1-13(16-10-21-11-18-20(16)27-6-5-22-18)8-24-19-7-17(25-12-26-19)15-4-3-14(2)23-9-15;/h3-4,7,9-13,22H,5-6,8H2,1-2H3,(H,24,25,26);1H2/t13-;/m1./s1. The first-order chi connectivity index (χ1) is 13.2. The van der Waals surface area contributed by atoms with Gasteiger partial charge in [0.2, 0.25) is 0 Å². The molecule has 146 valence electrons. The quantitative estimate of drug-likeness (QED) is 0.684. The van der Waals surface area contributed by atoms with Crippen molar-refractivity contribution in [3.63, 3.8) is 0 Å². The lowest BCUT2D eigenvalue weighted by atomic mass is 10.0. The van der Waals surface area contributed by atoms with Crippen LogP contribution in [0.4, 0.5) is 11.5 Å². The number of aromatic nitrogens is 4. The number of hydrogen-bond donors (Lipinski definition) is 2. The van der Waals surface area contributed by atoms with E-state index in [1.807, 2.05) is 43.7 Å². The second kappa shape index (κ2) is 8.88. The number of hydrogen-bond acceptors (Lipinski definition) is 7. The van der Waals surface area contributed by atoms with Crippen LogP contribution in [0.5, 0.6) is 5.75 Å². The van der Waals surface area contributed by atoms with Gasteiger partial charge in [0.1, 0.15) is 24.5 Å². The van der Waals surface area contributed by atoms with Crippen LogP contribution in [0, 0.1) is 6.92 Å². The van der Waals surface area contributed by atoms with Gasteiger partial charge in [-0.15, -0.1) is 0 Å². The summed E-state index contributed by atoms with van der Waals surface area (Å²) in [4.78, 5) is 17.4. The number of anilines is 2. The molecule has 4 rings (SSSR count). The van der Waals surface area contributed by atoms with Gasteiger partial charge in [-0.2, -0.15) is 13.5 Å². The molecular weight excluding hydrogens is 372 g/mol. The van der Waals surface area contributed by atoms with Gasteiger partial charge < -0.3 is 15.4 Å². The van der Waals surface area contributed by atoms with Crippen molar-refractivity contribution in [1.29, 1.82) is 0 Å².